The van der Waals surface area contributed by atoms with Crippen molar-refractivity contribution < 1.29 is 4.42 Å². The molecule has 13 aromatic rings. The van der Waals surface area contributed by atoms with Gasteiger partial charge in [-0.1, -0.05) is 121 Å². The van der Waals surface area contributed by atoms with Gasteiger partial charge in [-0.15, -0.1) is 11.3 Å². The molecule has 2 heterocycles. The topological polar surface area (TPSA) is 22.9 Å². The van der Waals surface area contributed by atoms with Crippen LogP contribution in [0.15, 0.2) is 253 Å². The quantitative estimate of drug-likeness (QED) is 0.135. The molecule has 0 fully saturated rings. The molecule has 0 atom stereocenters. The van der Waals surface area contributed by atoms with E-state index in [1.165, 1.54) is 41.7 Å². The van der Waals surface area contributed by atoms with Crippen LogP contribution in [-0.4, -0.2) is 0 Å². The van der Waals surface area contributed by atoms with Crippen LogP contribution in [0.4, 0.5) is 51.2 Å². The highest BCUT2D eigenvalue weighted by molar-refractivity contribution is 7.25. The Hall–Kier alpha value is -8.64. The molecule has 2 aromatic heterocycles. The summed E-state index contributed by atoms with van der Waals surface area (Å²) in [6, 6.07) is 89.5. The van der Waals surface area contributed by atoms with Gasteiger partial charge in [0, 0.05) is 82.1 Å². The fraction of sp³-hybridized carbons (Fsp3) is 0. The third kappa shape index (κ3) is 6.84. The molecular weight excluding hydrogens is 835 g/mol. The van der Waals surface area contributed by atoms with E-state index in [0.29, 0.717) is 0 Å². The molecule has 0 amide bonds. The summed E-state index contributed by atoms with van der Waals surface area (Å²) >= 11 is 1.87. The van der Waals surface area contributed by atoms with E-state index < -0.39 is 0 Å². The van der Waals surface area contributed by atoms with Crippen LogP contribution in [0.25, 0.3) is 63.7 Å². The largest absolute Gasteiger partial charge is 0.456 e. The maximum atomic E-state index is 6.36. The Balaban J connectivity index is 0.996. The van der Waals surface area contributed by atoms with Gasteiger partial charge in [-0.05, 0) is 149 Å². The lowest BCUT2D eigenvalue weighted by Crippen LogP contribution is -2.14. The van der Waals surface area contributed by atoms with Crippen molar-refractivity contribution in [2.75, 3.05) is 14.7 Å². The Morgan fingerprint density at radius 3 is 1.31 bits per heavy atom. The van der Waals surface area contributed by atoms with Crippen molar-refractivity contribution in [2.45, 2.75) is 0 Å². The summed E-state index contributed by atoms with van der Waals surface area (Å²) in [5.41, 5.74) is 11.2. The fourth-order valence-corrected chi connectivity index (χ4v) is 11.0. The van der Waals surface area contributed by atoms with Gasteiger partial charge in [0.25, 0.3) is 0 Å². The van der Waals surface area contributed by atoms with E-state index in [2.05, 4.69) is 251 Å². The first kappa shape index (κ1) is 38.8. The van der Waals surface area contributed by atoms with Crippen molar-refractivity contribution >= 4 is 126 Å². The van der Waals surface area contributed by atoms with Crippen molar-refractivity contribution in [3.05, 3.63) is 249 Å². The molecule has 0 saturated heterocycles. The molecule has 13 rings (SSSR count). The summed E-state index contributed by atoms with van der Waals surface area (Å²) in [5, 5.41) is 9.72. The maximum Gasteiger partial charge on any atom is 0.135 e. The van der Waals surface area contributed by atoms with Crippen LogP contribution in [0, 0.1) is 0 Å². The van der Waals surface area contributed by atoms with E-state index in [-0.39, 0.29) is 0 Å². The maximum absolute atomic E-state index is 6.36. The summed E-state index contributed by atoms with van der Waals surface area (Å²) < 4.78 is 8.99. The molecule has 0 aliphatic carbocycles. The Morgan fingerprint density at radius 2 is 0.672 bits per heavy atom. The van der Waals surface area contributed by atoms with Crippen molar-refractivity contribution in [3.8, 4) is 0 Å². The zero-order valence-corrected chi connectivity index (χ0v) is 37.1. The van der Waals surface area contributed by atoms with E-state index in [1.807, 2.05) is 23.5 Å². The van der Waals surface area contributed by atoms with Crippen LogP contribution < -0.4 is 14.7 Å². The summed E-state index contributed by atoms with van der Waals surface area (Å²) in [4.78, 5) is 7.07. The van der Waals surface area contributed by atoms with E-state index in [0.717, 1.165) is 73.1 Å². The number of thiophene rings is 1. The number of hydrogen-bond acceptors (Lipinski definition) is 5. The summed E-state index contributed by atoms with van der Waals surface area (Å²) in [5.74, 6) is 0. The molecule has 4 nitrogen and oxygen atoms in total. The minimum atomic E-state index is 0.860. The second kappa shape index (κ2) is 16.1. The Bertz CT molecular complexity index is 3920. The second-order valence-corrected chi connectivity index (χ2v) is 18.1. The molecule has 0 N–H and O–H groups in total. The Labute approximate surface area is 392 Å². The first-order valence-corrected chi connectivity index (χ1v) is 23.5. The second-order valence-electron chi connectivity index (χ2n) is 17.0. The van der Waals surface area contributed by atoms with Gasteiger partial charge in [0.2, 0.25) is 0 Å². The van der Waals surface area contributed by atoms with Gasteiger partial charge in [0.1, 0.15) is 11.2 Å². The van der Waals surface area contributed by atoms with Crippen LogP contribution in [0.3, 0.4) is 0 Å². The number of rotatable bonds is 9. The van der Waals surface area contributed by atoms with Crippen LogP contribution in [0.2, 0.25) is 0 Å². The first-order valence-electron chi connectivity index (χ1n) is 22.6. The van der Waals surface area contributed by atoms with E-state index in [1.54, 1.807) is 0 Å². The highest BCUT2D eigenvalue weighted by Gasteiger charge is 2.21. The number of benzene rings is 11. The third-order valence-corrected chi connectivity index (χ3v) is 14.1. The van der Waals surface area contributed by atoms with E-state index in [4.69, 9.17) is 4.42 Å². The minimum absolute atomic E-state index is 0.860. The highest BCUT2D eigenvalue weighted by Crippen LogP contribution is 2.46. The summed E-state index contributed by atoms with van der Waals surface area (Å²) in [6.45, 7) is 0. The Morgan fingerprint density at radius 1 is 0.239 bits per heavy atom. The average molecular weight is 876 g/mol. The predicted molar refractivity (Wildman–Crippen MR) is 286 cm³/mol. The molecule has 0 spiro atoms. The zero-order valence-electron chi connectivity index (χ0n) is 36.3. The van der Waals surface area contributed by atoms with Crippen LogP contribution >= 0.6 is 11.3 Å². The van der Waals surface area contributed by atoms with Gasteiger partial charge in [0.05, 0.1) is 0 Å². The molecule has 0 saturated carbocycles. The lowest BCUT2D eigenvalue weighted by atomic mass is 9.99. The van der Waals surface area contributed by atoms with E-state index in [9.17, 15) is 0 Å². The third-order valence-electron chi connectivity index (χ3n) is 12.9. The molecule has 0 unspecified atom stereocenters. The van der Waals surface area contributed by atoms with Crippen LogP contribution in [-0.2, 0) is 0 Å². The summed E-state index contributed by atoms with van der Waals surface area (Å²) in [6.07, 6.45) is 0. The van der Waals surface area contributed by atoms with Crippen molar-refractivity contribution in [3.63, 3.8) is 0 Å². The van der Waals surface area contributed by atoms with Gasteiger partial charge < -0.3 is 19.1 Å². The number of para-hydroxylation sites is 4. The molecule has 11 aromatic carbocycles. The molecule has 316 valence electrons. The summed E-state index contributed by atoms with van der Waals surface area (Å²) in [7, 11) is 0. The van der Waals surface area contributed by atoms with Gasteiger partial charge in [0.15, 0.2) is 0 Å². The van der Waals surface area contributed by atoms with Gasteiger partial charge in [-0.3, -0.25) is 0 Å². The smallest absolute Gasteiger partial charge is 0.135 e. The zero-order chi connectivity index (χ0) is 44.3. The molecular formula is C62H41N3OS. The van der Waals surface area contributed by atoms with Crippen molar-refractivity contribution in [1.82, 2.24) is 0 Å². The van der Waals surface area contributed by atoms with Crippen LogP contribution in [0.5, 0.6) is 0 Å². The van der Waals surface area contributed by atoms with E-state index >= 15 is 0 Å². The number of fused-ring (bicyclic) bond motifs is 9. The molecule has 67 heavy (non-hydrogen) atoms. The van der Waals surface area contributed by atoms with Crippen molar-refractivity contribution in [1.29, 1.82) is 0 Å². The minimum Gasteiger partial charge on any atom is -0.456 e. The van der Waals surface area contributed by atoms with Gasteiger partial charge in [-0.2, -0.15) is 0 Å². The fourth-order valence-electron chi connectivity index (χ4n) is 9.87. The normalized spacial score (nSPS) is 11.6. The van der Waals surface area contributed by atoms with Gasteiger partial charge in [-0.25, -0.2) is 0 Å². The lowest BCUT2D eigenvalue weighted by molar-refractivity contribution is 0.669. The average Bonchev–Trinajstić information content (AvgIpc) is 3.95. The number of hydrogen-bond donors (Lipinski definition) is 0. The first-order chi connectivity index (χ1) is 33.2. The lowest BCUT2D eigenvalue weighted by Gasteiger charge is -2.31. The van der Waals surface area contributed by atoms with Gasteiger partial charge >= 0.3 is 0 Å². The van der Waals surface area contributed by atoms with Crippen LogP contribution in [0.1, 0.15) is 0 Å². The molecule has 0 aliphatic heterocycles. The highest BCUT2D eigenvalue weighted by atomic mass is 32.1. The molecule has 5 heteroatoms. The SMILES string of the molecule is c1ccc(N(c2ccccc2)c2cccc(N(c3cccc(N(c4ccccc4)c4ccc5ccc6cc7sc8ccccc8c7cc6c5c4)c3)c3ccc4oc5ccccc5c4c3)c2)cc1. The monoisotopic (exact) mass is 875 g/mol. The molecule has 0 aliphatic rings. The molecule has 0 bridgehead atoms. The standard InChI is InChI=1S/C62H41N3OS/c1-4-16-44(17-5-1)63(45-18-6-2-7-19-45)47-22-14-24-49(37-47)65(52-34-35-60-57(40-52)53-26-10-12-28-59(53)66-60)50-25-15-23-48(38-50)64(46-20-8-3-9-21-46)51-33-32-42-30-31-43-36-62-58(41-56(43)55(42)39-51)54-27-11-13-29-61(54)67-62/h1-41H. The predicted octanol–water partition coefficient (Wildman–Crippen LogP) is 18.7. The number of nitrogens with zero attached hydrogens (tertiary/aromatic N) is 3. The number of anilines is 9. The Kier molecular flexibility index (Phi) is 9.32. The molecule has 0 radical (unpaired) electrons. The van der Waals surface area contributed by atoms with Crippen molar-refractivity contribution in [2.24, 2.45) is 0 Å². The number of furan rings is 1.